The molecular weight excluding hydrogens is 554 g/mol. The third-order valence-corrected chi connectivity index (χ3v) is 12.4. The van der Waals surface area contributed by atoms with Crippen molar-refractivity contribution in [2.24, 2.45) is 17.8 Å². The predicted octanol–water partition coefficient (Wildman–Crippen LogP) is 7.74. The number of fused-ring (bicyclic) bond motifs is 4. The molecule has 0 N–H and O–H groups in total. The Hall–Kier alpha value is -3.03. The van der Waals surface area contributed by atoms with E-state index in [4.69, 9.17) is 9.47 Å². The van der Waals surface area contributed by atoms with E-state index in [1.807, 2.05) is 24.5 Å². The first-order chi connectivity index (χ1) is 20.9. The van der Waals surface area contributed by atoms with E-state index in [0.29, 0.717) is 24.0 Å². The summed E-state index contributed by atoms with van der Waals surface area (Å²) in [4.78, 5) is 19.8. The first-order valence-electron chi connectivity index (χ1n) is 16.3. The van der Waals surface area contributed by atoms with Crippen LogP contribution in [0.5, 0.6) is 5.75 Å². The van der Waals surface area contributed by atoms with Crippen molar-refractivity contribution in [1.29, 1.82) is 0 Å². The third kappa shape index (κ3) is 4.57. The van der Waals surface area contributed by atoms with Crippen LogP contribution >= 0.6 is 11.3 Å². The molecule has 7 heteroatoms. The molecule has 4 aliphatic rings. The van der Waals surface area contributed by atoms with E-state index < -0.39 is 0 Å². The lowest BCUT2D eigenvalue weighted by Crippen LogP contribution is -2.38. The number of benzene rings is 2. The van der Waals surface area contributed by atoms with Gasteiger partial charge in [0.1, 0.15) is 5.75 Å². The maximum Gasteiger partial charge on any atom is 0.254 e. The number of anilines is 1. The number of likely N-dealkylation sites (tertiary alicyclic amines) is 1. The van der Waals surface area contributed by atoms with Crippen LogP contribution in [0.2, 0.25) is 0 Å². The molecule has 43 heavy (non-hydrogen) atoms. The zero-order chi connectivity index (χ0) is 29.4. The highest BCUT2D eigenvalue weighted by atomic mass is 32.1. The summed E-state index contributed by atoms with van der Waals surface area (Å²) in [6.45, 7) is 8.57. The number of rotatable bonds is 7. The molecule has 6 nitrogen and oxygen atoms in total. The number of amides is 1. The minimum absolute atomic E-state index is 0.164. The SMILES string of the molecule is COc1cc(C(=O)N2CC3CCC2[C@@H]3C)cc2sc(-c3cc4ccc(N5CCC(OC)CC5)cc4n3CC3CC3)c(C)c12. The van der Waals surface area contributed by atoms with Gasteiger partial charge in [-0.2, -0.15) is 0 Å². The minimum atomic E-state index is 0.164. The molecule has 2 aliphatic carbocycles. The zero-order valence-corrected chi connectivity index (χ0v) is 26.7. The maximum absolute atomic E-state index is 13.8. The second-order valence-electron chi connectivity index (χ2n) is 13.6. The molecule has 4 fully saturated rings. The van der Waals surface area contributed by atoms with Crippen molar-refractivity contribution in [3.63, 3.8) is 0 Å². The summed E-state index contributed by atoms with van der Waals surface area (Å²) in [7, 11) is 3.57. The quantitative estimate of drug-likeness (QED) is 0.219. The molecule has 1 amide bonds. The molecule has 2 saturated carbocycles. The van der Waals surface area contributed by atoms with Gasteiger partial charge in [-0.15, -0.1) is 11.3 Å². The fraction of sp³-hybridized carbons (Fsp3) is 0.528. The molecule has 0 spiro atoms. The van der Waals surface area contributed by atoms with Gasteiger partial charge >= 0.3 is 0 Å². The van der Waals surface area contributed by atoms with Crippen molar-refractivity contribution >= 4 is 43.9 Å². The molecule has 2 bridgehead atoms. The van der Waals surface area contributed by atoms with Crippen molar-refractivity contribution in [3.8, 4) is 16.3 Å². The molecule has 2 unspecified atom stereocenters. The highest BCUT2D eigenvalue weighted by molar-refractivity contribution is 7.22. The normalized spacial score (nSPS) is 24.1. The Morgan fingerprint density at radius 1 is 1.00 bits per heavy atom. The number of ether oxygens (including phenoxy) is 2. The Kier molecular flexibility index (Phi) is 6.75. The molecule has 2 aliphatic heterocycles. The lowest BCUT2D eigenvalue weighted by atomic mass is 10.0. The Morgan fingerprint density at radius 2 is 1.81 bits per heavy atom. The fourth-order valence-electron chi connectivity index (χ4n) is 8.31. The Bertz CT molecular complexity index is 1710. The fourth-order valence-corrected chi connectivity index (χ4v) is 9.60. The van der Waals surface area contributed by atoms with E-state index in [9.17, 15) is 4.79 Å². The molecule has 2 saturated heterocycles. The van der Waals surface area contributed by atoms with Crippen LogP contribution in [0.4, 0.5) is 5.69 Å². The van der Waals surface area contributed by atoms with E-state index in [2.05, 4.69) is 58.5 Å². The number of piperidine rings is 2. The molecule has 2 aromatic heterocycles. The lowest BCUT2D eigenvalue weighted by Gasteiger charge is -2.33. The number of aromatic nitrogens is 1. The largest absolute Gasteiger partial charge is 0.496 e. The Morgan fingerprint density at radius 3 is 2.49 bits per heavy atom. The summed E-state index contributed by atoms with van der Waals surface area (Å²) >= 11 is 1.81. The van der Waals surface area contributed by atoms with Gasteiger partial charge in [0, 0.05) is 66.1 Å². The molecule has 226 valence electrons. The molecule has 4 aromatic rings. The van der Waals surface area contributed by atoms with E-state index in [1.165, 1.54) is 52.0 Å². The molecule has 8 rings (SSSR count). The van der Waals surface area contributed by atoms with Crippen molar-refractivity contribution < 1.29 is 14.3 Å². The van der Waals surface area contributed by atoms with Crippen LogP contribution in [0.3, 0.4) is 0 Å². The van der Waals surface area contributed by atoms with Gasteiger partial charge in [-0.05, 0) is 99.1 Å². The summed E-state index contributed by atoms with van der Waals surface area (Å²) in [5.74, 6) is 2.99. The average molecular weight is 598 g/mol. The van der Waals surface area contributed by atoms with Crippen molar-refractivity contribution in [2.75, 3.05) is 38.8 Å². The molecule has 2 aromatic carbocycles. The number of carbonyl (C=O) groups excluding carboxylic acids is 1. The van der Waals surface area contributed by atoms with Gasteiger partial charge in [0.05, 0.1) is 29.3 Å². The first kappa shape index (κ1) is 27.5. The van der Waals surface area contributed by atoms with Crippen LogP contribution in [-0.4, -0.2) is 61.4 Å². The van der Waals surface area contributed by atoms with Gasteiger partial charge in [0.25, 0.3) is 5.91 Å². The minimum Gasteiger partial charge on any atom is -0.496 e. The smallest absolute Gasteiger partial charge is 0.254 e. The standard InChI is InChI=1S/C36H43N3O3S/c1-21-25-8-10-29(21)39(20-25)36(40)26-16-32(42-4)34-22(2)35(43-33(34)17-26)31-15-24-7-9-27(37-13-11-28(41-3)12-14-37)18-30(24)38(31)19-23-5-6-23/h7,9,15-18,21,23,25,28-29H,5-6,8,10-14,19-20H2,1-4H3/t21-,25?,29?/m1/s1. The van der Waals surface area contributed by atoms with E-state index in [1.54, 1.807) is 7.11 Å². The van der Waals surface area contributed by atoms with Gasteiger partial charge in [0.2, 0.25) is 0 Å². The maximum atomic E-state index is 13.8. The second-order valence-corrected chi connectivity index (χ2v) is 14.6. The molecule has 3 atom stereocenters. The van der Waals surface area contributed by atoms with Crippen molar-refractivity contribution in [3.05, 3.63) is 47.5 Å². The monoisotopic (exact) mass is 597 g/mol. The number of nitrogens with zero attached hydrogens (tertiary/aromatic N) is 3. The summed E-state index contributed by atoms with van der Waals surface area (Å²) in [5, 5.41) is 2.43. The number of methoxy groups -OCH3 is 2. The van der Waals surface area contributed by atoms with Gasteiger partial charge in [-0.1, -0.05) is 13.0 Å². The Balaban J connectivity index is 1.19. The number of hydrogen-bond donors (Lipinski definition) is 0. The van der Waals surface area contributed by atoms with E-state index in [0.717, 1.165) is 72.8 Å². The van der Waals surface area contributed by atoms with Crippen molar-refractivity contribution in [2.45, 2.75) is 71.1 Å². The summed E-state index contributed by atoms with van der Waals surface area (Å²) in [6.07, 6.45) is 7.55. The van der Waals surface area contributed by atoms with Crippen LogP contribution < -0.4 is 9.64 Å². The molecular formula is C36H43N3O3S. The third-order valence-electron chi connectivity index (χ3n) is 11.1. The summed E-state index contributed by atoms with van der Waals surface area (Å²) in [5.41, 5.74) is 5.93. The number of aryl methyl sites for hydroxylation is 1. The van der Waals surface area contributed by atoms with E-state index in [-0.39, 0.29) is 5.91 Å². The van der Waals surface area contributed by atoms with Gasteiger partial charge in [-0.3, -0.25) is 4.79 Å². The van der Waals surface area contributed by atoms with Crippen LogP contribution in [-0.2, 0) is 11.3 Å². The second kappa shape index (κ2) is 10.6. The number of carbonyl (C=O) groups is 1. The number of thiophene rings is 1. The highest BCUT2D eigenvalue weighted by Gasteiger charge is 2.46. The lowest BCUT2D eigenvalue weighted by molar-refractivity contribution is 0.0696. The van der Waals surface area contributed by atoms with Crippen LogP contribution in [0.1, 0.15) is 61.4 Å². The zero-order valence-electron chi connectivity index (χ0n) is 25.9. The number of hydrogen-bond acceptors (Lipinski definition) is 5. The van der Waals surface area contributed by atoms with Crippen LogP contribution in [0, 0.1) is 24.7 Å². The molecule has 4 heterocycles. The van der Waals surface area contributed by atoms with Gasteiger partial charge in [0.15, 0.2) is 0 Å². The summed E-state index contributed by atoms with van der Waals surface area (Å²) in [6, 6.07) is 13.9. The van der Waals surface area contributed by atoms with Crippen LogP contribution in [0.15, 0.2) is 36.4 Å². The molecule has 0 radical (unpaired) electrons. The summed E-state index contributed by atoms with van der Waals surface area (Å²) < 4.78 is 15.3. The Labute approximate surface area is 258 Å². The van der Waals surface area contributed by atoms with Gasteiger partial charge in [-0.25, -0.2) is 0 Å². The topological polar surface area (TPSA) is 46.9 Å². The van der Waals surface area contributed by atoms with Crippen LogP contribution in [0.25, 0.3) is 31.6 Å². The average Bonchev–Trinajstić information content (AvgIpc) is 3.44. The van der Waals surface area contributed by atoms with Gasteiger partial charge < -0.3 is 23.8 Å². The predicted molar refractivity (Wildman–Crippen MR) is 176 cm³/mol. The first-order valence-corrected chi connectivity index (χ1v) is 17.1. The highest BCUT2D eigenvalue weighted by Crippen LogP contribution is 2.47. The van der Waals surface area contributed by atoms with E-state index >= 15 is 0 Å². The van der Waals surface area contributed by atoms with Crippen molar-refractivity contribution in [1.82, 2.24) is 9.47 Å².